The number of hydrogen-bond acceptors (Lipinski definition) is 10. The molecular weight excluding hydrogens is 1420 g/mol. The fourth-order valence-electron chi connectivity index (χ4n) is 14.6. The summed E-state index contributed by atoms with van der Waals surface area (Å²) in [5, 5.41) is 0. The van der Waals surface area contributed by atoms with Crippen LogP contribution in [0.1, 0.15) is 111 Å². The summed E-state index contributed by atoms with van der Waals surface area (Å²) >= 11 is 0. The van der Waals surface area contributed by atoms with Crippen LogP contribution in [0.4, 0.5) is 4.39 Å². The van der Waals surface area contributed by atoms with Crippen molar-refractivity contribution in [1.29, 1.82) is 0 Å². The number of oxazole rings is 5. The zero-order valence-electron chi connectivity index (χ0n) is 68.8. The molecule has 10 aromatic heterocycles. The third-order valence-electron chi connectivity index (χ3n) is 20.6. The summed E-state index contributed by atoms with van der Waals surface area (Å²) < 4.78 is 61.3. The minimum absolute atomic E-state index is 0.276. The van der Waals surface area contributed by atoms with Gasteiger partial charge in [0.1, 0.15) is 41.1 Å². The highest BCUT2D eigenvalue weighted by Gasteiger charge is 2.29. The second kappa shape index (κ2) is 33.4. The van der Waals surface area contributed by atoms with Crippen molar-refractivity contribution in [2.75, 3.05) is 0 Å². The average molecular weight is 1510 g/mol. The molecular formula is C98H96FN10O5+5. The van der Waals surface area contributed by atoms with E-state index in [2.05, 4.69) is 207 Å². The molecule has 114 heavy (non-hydrogen) atoms. The van der Waals surface area contributed by atoms with Crippen molar-refractivity contribution in [3.05, 3.63) is 312 Å². The van der Waals surface area contributed by atoms with Crippen molar-refractivity contribution in [3.63, 3.8) is 0 Å². The first-order chi connectivity index (χ1) is 55.3. The number of benzene rings is 8. The summed E-state index contributed by atoms with van der Waals surface area (Å²) in [5.41, 5.74) is 30.8. The van der Waals surface area contributed by atoms with E-state index in [-0.39, 0.29) is 5.82 Å². The van der Waals surface area contributed by atoms with Crippen LogP contribution in [-0.2, 0) is 35.2 Å². The fraction of sp³-hybridized carbons (Fsp3) is 0.204. The summed E-state index contributed by atoms with van der Waals surface area (Å²) in [6, 6.07) is 74.0. The standard InChI is InChI=1S/C26H29N2O.C20H16FN2O.C20H17N2O.C17H19N2O.C15H15N2O/c1-16(2)19-12-9-13-20(17(3)4)23(19)26-27-24-22(29-26)14-15-28(6)25(24)21-11-8-7-10-18(21)5;1-13-5-3-4-6-16(13)19-18-17(11-12-23(19)2)24-20(22-18)14-7-9-15(21)10-8-14;1-14-8-6-7-11-16(14)19-18-17(12-13-22(19)2)23-20(21-18)15-9-4-3-5-10-15;1-11(2)17-18-15-14(20-17)9-10-19(4)16(15)13-8-6-5-7-12(13)3;1-10-6-4-5-7-12(10)15-14-13(8-9-17(15)3)18-11(2)16-14/h7-17H,1-6H3;3-12H,1-2H3;3-13H,1-2H3;5-11H,1-4H3;4-9H,1-3H3/q5*+1/i;;;11D;. The molecule has 0 unspecified atom stereocenters. The van der Waals surface area contributed by atoms with E-state index in [9.17, 15) is 4.39 Å². The number of aryl methyl sites for hydroxylation is 11. The van der Waals surface area contributed by atoms with Crippen molar-refractivity contribution >= 4 is 55.5 Å². The van der Waals surface area contributed by atoms with Crippen LogP contribution in [0.3, 0.4) is 0 Å². The van der Waals surface area contributed by atoms with Crippen molar-refractivity contribution in [1.82, 2.24) is 24.9 Å². The first kappa shape index (κ1) is 76.2. The van der Waals surface area contributed by atoms with Gasteiger partial charge in [0.15, 0.2) is 98.3 Å². The Labute approximate surface area is 666 Å². The number of pyridine rings is 5. The number of halogens is 1. The number of rotatable bonds is 11. The van der Waals surface area contributed by atoms with Crippen molar-refractivity contribution in [2.24, 2.45) is 35.2 Å². The molecule has 570 valence electrons. The normalized spacial score (nSPS) is 11.5. The third-order valence-corrected chi connectivity index (χ3v) is 20.6. The maximum Gasteiger partial charge on any atom is 0.242 e. The molecule has 0 spiro atoms. The summed E-state index contributed by atoms with van der Waals surface area (Å²) in [4.78, 5) is 23.6. The van der Waals surface area contributed by atoms with E-state index < -0.39 is 5.89 Å². The van der Waals surface area contributed by atoms with Gasteiger partial charge >= 0.3 is 0 Å². The Balaban J connectivity index is 0.000000120. The van der Waals surface area contributed by atoms with Gasteiger partial charge in [-0.3, -0.25) is 0 Å². The summed E-state index contributed by atoms with van der Waals surface area (Å²) in [7, 11) is 10.1. The van der Waals surface area contributed by atoms with Crippen LogP contribution in [0.15, 0.2) is 278 Å². The van der Waals surface area contributed by atoms with Crippen molar-refractivity contribution in [2.45, 2.75) is 101 Å². The molecule has 0 bridgehead atoms. The molecule has 0 saturated heterocycles. The highest BCUT2D eigenvalue weighted by atomic mass is 19.1. The Hall–Kier alpha value is -13.2. The van der Waals surface area contributed by atoms with Crippen LogP contribution < -0.4 is 22.8 Å². The maximum absolute atomic E-state index is 13.1. The topological polar surface area (TPSA) is 150 Å². The maximum atomic E-state index is 13.1. The number of nitrogens with zero attached hydrogens (tertiary/aromatic N) is 10. The Morgan fingerprint density at radius 3 is 0.930 bits per heavy atom. The van der Waals surface area contributed by atoms with E-state index in [0.29, 0.717) is 46.9 Å². The Morgan fingerprint density at radius 2 is 0.588 bits per heavy atom. The van der Waals surface area contributed by atoms with Gasteiger partial charge in [0.2, 0.25) is 46.1 Å². The molecule has 0 saturated carbocycles. The predicted octanol–water partition coefficient (Wildman–Crippen LogP) is 22.0. The van der Waals surface area contributed by atoms with Gasteiger partial charge in [0, 0.05) is 61.2 Å². The molecule has 10 heterocycles. The average Bonchev–Trinajstić information content (AvgIpc) is 1.64. The number of fused-ring (bicyclic) bond motifs is 5. The van der Waals surface area contributed by atoms with Gasteiger partial charge in [-0.25, -0.2) is 29.3 Å². The predicted molar refractivity (Wildman–Crippen MR) is 450 cm³/mol. The molecule has 0 aliphatic rings. The summed E-state index contributed by atoms with van der Waals surface area (Å²) in [6.07, 6.45) is 10.0. The van der Waals surface area contributed by atoms with E-state index in [0.717, 1.165) is 106 Å². The molecule has 0 radical (unpaired) electrons. The molecule has 0 aliphatic heterocycles. The lowest BCUT2D eigenvalue weighted by molar-refractivity contribution is -0.659. The van der Waals surface area contributed by atoms with Gasteiger partial charge in [0.25, 0.3) is 0 Å². The zero-order valence-corrected chi connectivity index (χ0v) is 67.8. The summed E-state index contributed by atoms with van der Waals surface area (Å²) in [5.74, 6) is 2.67. The molecule has 0 fully saturated rings. The molecule has 0 atom stereocenters. The van der Waals surface area contributed by atoms with Gasteiger partial charge in [0.05, 0.1) is 27.8 Å². The summed E-state index contributed by atoms with van der Waals surface area (Å²) in [6.45, 7) is 24.9. The number of aromatic nitrogens is 10. The molecule has 16 heteroatoms. The minimum Gasteiger partial charge on any atom is -0.440 e. The third kappa shape index (κ3) is 16.0. The van der Waals surface area contributed by atoms with Gasteiger partial charge in [-0.05, 0) is 152 Å². The van der Waals surface area contributed by atoms with Crippen molar-refractivity contribution < 1.29 is 50.7 Å². The van der Waals surface area contributed by atoms with Gasteiger partial charge in [-0.1, -0.05) is 169 Å². The Kier molecular flexibility index (Phi) is 22.3. The lowest BCUT2D eigenvalue weighted by Crippen LogP contribution is -2.30. The second-order valence-electron chi connectivity index (χ2n) is 29.8. The highest BCUT2D eigenvalue weighted by molar-refractivity contribution is 5.92. The minimum atomic E-state index is -0.847. The van der Waals surface area contributed by atoms with Crippen LogP contribution in [0.25, 0.3) is 146 Å². The van der Waals surface area contributed by atoms with Crippen LogP contribution in [0.2, 0.25) is 0 Å². The van der Waals surface area contributed by atoms with E-state index in [1.165, 1.54) is 67.8 Å². The monoisotopic (exact) mass is 1510 g/mol. The molecule has 0 amide bonds. The fourth-order valence-corrected chi connectivity index (χ4v) is 14.6. The number of hydrogen-bond donors (Lipinski definition) is 0. The van der Waals surface area contributed by atoms with Crippen LogP contribution in [-0.4, -0.2) is 24.9 Å². The zero-order chi connectivity index (χ0) is 81.1. The van der Waals surface area contributed by atoms with Gasteiger partial charge < -0.3 is 22.1 Å². The largest absolute Gasteiger partial charge is 0.440 e. The first-order valence-electron chi connectivity index (χ1n) is 39.0. The quantitative estimate of drug-likeness (QED) is 0.115. The second-order valence-corrected chi connectivity index (χ2v) is 29.8. The van der Waals surface area contributed by atoms with Crippen molar-refractivity contribution in [3.8, 4) is 90.6 Å². The van der Waals surface area contributed by atoms with Crippen LogP contribution in [0.5, 0.6) is 0 Å². The van der Waals surface area contributed by atoms with E-state index >= 15 is 0 Å². The van der Waals surface area contributed by atoms with E-state index in [1.807, 2.05) is 166 Å². The molecule has 8 aromatic carbocycles. The first-order valence-corrected chi connectivity index (χ1v) is 38.5. The smallest absolute Gasteiger partial charge is 0.242 e. The Bertz CT molecular complexity index is 6560. The Morgan fingerprint density at radius 1 is 0.298 bits per heavy atom. The van der Waals surface area contributed by atoms with Crippen LogP contribution in [0, 0.1) is 47.4 Å². The molecule has 0 aliphatic carbocycles. The van der Waals surface area contributed by atoms with E-state index in [4.69, 9.17) is 33.4 Å². The SMILES string of the molecule is Cc1ccccc1-c1c2nc(-c3c(C(C)C)cccc3C(C)C)oc2cc[n+]1C.Cc1ccccc1-c1c2nc(-c3ccc(F)cc3)oc2cc[n+]1C.Cc1ccccc1-c1c2nc(-c3ccccc3)oc2cc[n+]1C.Cc1nc2c(-c3ccccc3C)[n+](C)ccc2o1.[2H]C(C)(C)c1nc2c(-c3ccccc3C)[n+](C)ccc2o1. The molecule has 15 nitrogen and oxygen atoms in total. The van der Waals surface area contributed by atoms with E-state index in [1.54, 1.807) is 26.0 Å². The molecule has 18 rings (SSSR count). The highest BCUT2D eigenvalue weighted by Crippen LogP contribution is 2.40. The van der Waals surface area contributed by atoms with Gasteiger partial charge in [-0.2, -0.15) is 22.8 Å². The lowest BCUT2D eigenvalue weighted by atomic mass is 9.88. The molecule has 0 N–H and O–H groups in total. The lowest BCUT2D eigenvalue weighted by Gasteiger charge is -2.17. The van der Waals surface area contributed by atoms with Crippen LogP contribution >= 0.6 is 0 Å². The van der Waals surface area contributed by atoms with Gasteiger partial charge in [-0.15, -0.1) is 0 Å². The molecule has 18 aromatic rings.